The third-order valence-corrected chi connectivity index (χ3v) is 8.07. The summed E-state index contributed by atoms with van der Waals surface area (Å²) in [7, 11) is 0. The molecule has 4 rings (SSSR count). The Labute approximate surface area is 190 Å². The lowest BCUT2D eigenvalue weighted by atomic mass is 9.63. The molecule has 2 aromatic rings. The van der Waals surface area contributed by atoms with Crippen molar-refractivity contribution in [2.45, 2.75) is 84.1 Å². The molecule has 0 radical (unpaired) electrons. The van der Waals surface area contributed by atoms with E-state index < -0.39 is 6.04 Å². The van der Waals surface area contributed by atoms with Gasteiger partial charge in [0.25, 0.3) is 5.24 Å². The Morgan fingerprint density at radius 1 is 0.968 bits per heavy atom. The van der Waals surface area contributed by atoms with Crippen molar-refractivity contribution in [2.24, 2.45) is 0 Å². The van der Waals surface area contributed by atoms with Crippen molar-refractivity contribution in [3.63, 3.8) is 0 Å². The molecule has 0 bridgehead atoms. The summed E-state index contributed by atoms with van der Waals surface area (Å²) in [5, 5.41) is -0.207. The molecule has 0 saturated carbocycles. The van der Waals surface area contributed by atoms with Gasteiger partial charge in [-0.2, -0.15) is 0 Å². The fraction of sp³-hybridized carbons (Fsp3) is 0.481. The normalized spacial score (nSPS) is 22.0. The Hall–Kier alpha value is -2.07. The number of hydrogen-bond donors (Lipinski definition) is 0. The molecule has 1 saturated heterocycles. The van der Waals surface area contributed by atoms with Gasteiger partial charge in [-0.25, -0.2) is 0 Å². The van der Waals surface area contributed by atoms with E-state index in [0.29, 0.717) is 6.42 Å². The van der Waals surface area contributed by atoms with E-state index in [-0.39, 0.29) is 21.2 Å². The molecule has 3 nitrogen and oxygen atoms in total. The highest BCUT2D eigenvalue weighted by atomic mass is 32.2. The van der Waals surface area contributed by atoms with Crippen LogP contribution in [0, 0.1) is 6.92 Å². The minimum absolute atomic E-state index is 0.0522. The molecule has 0 N–H and O–H groups in total. The van der Waals surface area contributed by atoms with Gasteiger partial charge in [0.15, 0.2) is 0 Å². The highest BCUT2D eigenvalue weighted by molar-refractivity contribution is 8.27. The van der Waals surface area contributed by atoms with E-state index in [1.54, 1.807) is 4.90 Å². The van der Waals surface area contributed by atoms with Crippen molar-refractivity contribution in [3.8, 4) is 0 Å². The quantitative estimate of drug-likeness (QED) is 0.535. The Morgan fingerprint density at radius 2 is 1.58 bits per heavy atom. The Morgan fingerprint density at radius 3 is 2.23 bits per heavy atom. The number of carbonyl (C=O) groups is 2. The maximum Gasteiger partial charge on any atom is 0.294 e. The van der Waals surface area contributed by atoms with E-state index in [4.69, 9.17) is 0 Å². The zero-order valence-corrected chi connectivity index (χ0v) is 20.4. The van der Waals surface area contributed by atoms with E-state index in [1.807, 2.05) is 6.07 Å². The molecule has 1 amide bonds. The van der Waals surface area contributed by atoms with Crippen molar-refractivity contribution in [3.05, 3.63) is 64.2 Å². The average Bonchev–Trinajstić information content (AvgIpc) is 2.98. The molecule has 1 atom stereocenters. The van der Waals surface area contributed by atoms with Crippen molar-refractivity contribution >= 4 is 27.8 Å². The third kappa shape index (κ3) is 3.95. The highest BCUT2D eigenvalue weighted by Crippen LogP contribution is 2.48. The molecule has 0 spiro atoms. The standard InChI is InChI=1S/C27H33NO2S/c1-7-18-9-8-10-19(14-18)15-23-24(29)31-25(30)28(23)22-16-21-20(13-17(22)2)26(3,4)11-12-27(21,5)6/h8-10,13-14,16,23H,7,11-12,15H2,1-6H3. The number of thioether (sulfide) groups is 1. The number of nitrogens with zero attached hydrogens (tertiary/aromatic N) is 1. The molecule has 1 fully saturated rings. The molecule has 0 aromatic heterocycles. The maximum atomic E-state index is 13.0. The first-order chi connectivity index (χ1) is 14.5. The summed E-state index contributed by atoms with van der Waals surface area (Å²) < 4.78 is 0. The van der Waals surface area contributed by atoms with Gasteiger partial charge in [-0.15, -0.1) is 0 Å². The monoisotopic (exact) mass is 435 g/mol. The van der Waals surface area contributed by atoms with Gasteiger partial charge in [0.1, 0.15) is 6.04 Å². The number of anilines is 1. The molecule has 1 unspecified atom stereocenters. The van der Waals surface area contributed by atoms with Crippen LogP contribution in [0.15, 0.2) is 36.4 Å². The van der Waals surface area contributed by atoms with Gasteiger partial charge in [0, 0.05) is 23.9 Å². The number of benzene rings is 2. The zero-order valence-electron chi connectivity index (χ0n) is 19.5. The van der Waals surface area contributed by atoms with Gasteiger partial charge in [-0.05, 0) is 70.9 Å². The van der Waals surface area contributed by atoms with Gasteiger partial charge < -0.3 is 0 Å². The van der Waals surface area contributed by atoms with E-state index in [2.05, 4.69) is 71.9 Å². The van der Waals surface area contributed by atoms with Crippen molar-refractivity contribution in [1.29, 1.82) is 0 Å². The van der Waals surface area contributed by atoms with Crippen LogP contribution >= 0.6 is 11.8 Å². The summed E-state index contributed by atoms with van der Waals surface area (Å²) in [5.41, 5.74) is 7.19. The first kappa shape index (κ1) is 22.1. The molecular formula is C27H33NO2S. The van der Waals surface area contributed by atoms with Crippen LogP contribution < -0.4 is 4.90 Å². The fourth-order valence-electron chi connectivity index (χ4n) is 5.05. The van der Waals surface area contributed by atoms with E-state index in [0.717, 1.165) is 47.8 Å². The maximum absolute atomic E-state index is 13.0. The second kappa shape index (κ2) is 7.81. The molecular weight excluding hydrogens is 402 g/mol. The van der Waals surface area contributed by atoms with Gasteiger partial charge in [-0.3, -0.25) is 14.5 Å². The second-order valence-corrected chi connectivity index (χ2v) is 11.4. The SMILES string of the molecule is CCc1cccc(CC2C(=O)SC(=O)N2c2cc3c(cc2C)C(C)(C)CCC3(C)C)c1. The topological polar surface area (TPSA) is 37.4 Å². The number of hydrogen-bond acceptors (Lipinski definition) is 3. The number of amides is 1. The zero-order chi connectivity index (χ0) is 22.6. The summed E-state index contributed by atoms with van der Waals surface area (Å²) >= 11 is 0.855. The van der Waals surface area contributed by atoms with E-state index >= 15 is 0 Å². The number of rotatable bonds is 4. The van der Waals surface area contributed by atoms with E-state index in [9.17, 15) is 9.59 Å². The molecule has 1 aliphatic carbocycles. The lowest BCUT2D eigenvalue weighted by Crippen LogP contribution is -2.39. The first-order valence-corrected chi connectivity index (χ1v) is 12.1. The molecule has 1 aliphatic heterocycles. The van der Waals surface area contributed by atoms with Gasteiger partial charge in [0.2, 0.25) is 5.12 Å². The van der Waals surface area contributed by atoms with Crippen LogP contribution in [0.25, 0.3) is 0 Å². The van der Waals surface area contributed by atoms with Crippen LogP contribution in [0.5, 0.6) is 0 Å². The summed E-state index contributed by atoms with van der Waals surface area (Å²) in [5.74, 6) is 0. The first-order valence-electron chi connectivity index (χ1n) is 11.3. The predicted molar refractivity (Wildman–Crippen MR) is 130 cm³/mol. The smallest absolute Gasteiger partial charge is 0.291 e. The minimum atomic E-state index is -0.457. The third-order valence-electron chi connectivity index (χ3n) is 7.23. The Balaban J connectivity index is 1.78. The molecule has 164 valence electrons. The van der Waals surface area contributed by atoms with Crippen molar-refractivity contribution in [2.75, 3.05) is 4.90 Å². The fourth-order valence-corrected chi connectivity index (χ4v) is 5.87. The Kier molecular flexibility index (Phi) is 5.58. The summed E-state index contributed by atoms with van der Waals surface area (Å²) in [4.78, 5) is 27.6. The van der Waals surface area contributed by atoms with Crippen LogP contribution in [-0.2, 0) is 28.5 Å². The molecule has 2 aliphatic rings. The van der Waals surface area contributed by atoms with Gasteiger partial charge >= 0.3 is 0 Å². The largest absolute Gasteiger partial charge is 0.294 e. The number of carbonyl (C=O) groups excluding carboxylic acids is 2. The van der Waals surface area contributed by atoms with E-state index in [1.165, 1.54) is 16.7 Å². The summed E-state index contributed by atoms with van der Waals surface area (Å²) in [6, 6.07) is 12.4. The summed E-state index contributed by atoms with van der Waals surface area (Å²) in [6.45, 7) is 13.4. The molecule has 2 aromatic carbocycles. The van der Waals surface area contributed by atoms with Gasteiger partial charge in [-0.1, -0.05) is 65.0 Å². The average molecular weight is 436 g/mol. The van der Waals surface area contributed by atoms with Crippen molar-refractivity contribution < 1.29 is 9.59 Å². The molecule has 31 heavy (non-hydrogen) atoms. The lowest BCUT2D eigenvalue weighted by molar-refractivity contribution is -0.111. The summed E-state index contributed by atoms with van der Waals surface area (Å²) in [6.07, 6.45) is 3.78. The van der Waals surface area contributed by atoms with Gasteiger partial charge in [0.05, 0.1) is 0 Å². The van der Waals surface area contributed by atoms with Crippen LogP contribution in [-0.4, -0.2) is 16.4 Å². The number of aryl methyl sites for hydroxylation is 2. The number of fused-ring (bicyclic) bond motifs is 1. The van der Waals surface area contributed by atoms with Crippen LogP contribution in [0.2, 0.25) is 0 Å². The minimum Gasteiger partial charge on any atom is -0.291 e. The lowest BCUT2D eigenvalue weighted by Gasteiger charge is -2.43. The second-order valence-electron chi connectivity index (χ2n) is 10.4. The molecule has 4 heteroatoms. The van der Waals surface area contributed by atoms with Crippen LogP contribution in [0.4, 0.5) is 10.5 Å². The highest BCUT2D eigenvalue weighted by Gasteiger charge is 2.43. The Bertz CT molecular complexity index is 1050. The molecule has 1 heterocycles. The predicted octanol–water partition coefficient (Wildman–Crippen LogP) is 6.72. The van der Waals surface area contributed by atoms with Crippen LogP contribution in [0.1, 0.15) is 75.3 Å². The van der Waals surface area contributed by atoms with Crippen LogP contribution in [0.3, 0.4) is 0 Å². The van der Waals surface area contributed by atoms with Crippen molar-refractivity contribution in [1.82, 2.24) is 0 Å².